The van der Waals surface area contributed by atoms with Crippen molar-refractivity contribution in [3.05, 3.63) is 176 Å². The van der Waals surface area contributed by atoms with E-state index in [-0.39, 0.29) is 0 Å². The molecule has 12 rings (SSSR count). The van der Waals surface area contributed by atoms with E-state index in [4.69, 9.17) is 13.8 Å². The average molecular weight is 724 g/mol. The lowest BCUT2D eigenvalue weighted by Gasteiger charge is -2.26. The van der Waals surface area contributed by atoms with E-state index in [0.717, 1.165) is 66.8 Å². The van der Waals surface area contributed by atoms with Crippen molar-refractivity contribution in [3.63, 3.8) is 0 Å². The van der Waals surface area contributed by atoms with E-state index >= 15 is 0 Å². The minimum Gasteiger partial charge on any atom is -0.454 e. The number of anilines is 3. The predicted octanol–water partition coefficient (Wildman–Crippen LogP) is 14.3. The number of furan rings is 1. The lowest BCUT2D eigenvalue weighted by molar-refractivity contribution is 0.620. The van der Waals surface area contributed by atoms with E-state index in [1.807, 2.05) is 53.8 Å². The number of nitrogens with zero attached hydrogens (tertiary/aromatic N) is 3. The van der Waals surface area contributed by atoms with Crippen molar-refractivity contribution >= 4 is 103 Å². The molecule has 0 bridgehead atoms. The first-order chi connectivity index (χ1) is 27.3. The third kappa shape index (κ3) is 4.49. The summed E-state index contributed by atoms with van der Waals surface area (Å²) in [5.74, 6) is 0.563. The van der Waals surface area contributed by atoms with Crippen LogP contribution in [0.2, 0.25) is 0 Å². The van der Waals surface area contributed by atoms with Crippen LogP contribution in [-0.4, -0.2) is 9.55 Å². The fourth-order valence-electron chi connectivity index (χ4n) is 8.38. The second-order valence-electron chi connectivity index (χ2n) is 13.9. The number of hydrogen-bond donors (Lipinski definition) is 0. The molecule has 0 saturated carbocycles. The molecular formula is C49H29N3O2S. The van der Waals surface area contributed by atoms with Gasteiger partial charge in [0.1, 0.15) is 16.8 Å². The number of fused-ring (bicyclic) bond motifs is 10. The highest BCUT2D eigenvalue weighted by Crippen LogP contribution is 2.51. The fourth-order valence-corrected chi connectivity index (χ4v) is 9.59. The largest absolute Gasteiger partial charge is 0.454 e. The van der Waals surface area contributed by atoms with Crippen LogP contribution in [0.1, 0.15) is 0 Å². The first-order valence-electron chi connectivity index (χ1n) is 18.4. The van der Waals surface area contributed by atoms with Crippen molar-refractivity contribution in [2.45, 2.75) is 0 Å². The lowest BCUT2D eigenvalue weighted by Crippen LogP contribution is -2.11. The van der Waals surface area contributed by atoms with Crippen molar-refractivity contribution in [2.75, 3.05) is 4.90 Å². The number of oxazole rings is 1. The smallest absolute Gasteiger partial charge is 0.227 e. The van der Waals surface area contributed by atoms with Crippen molar-refractivity contribution in [1.29, 1.82) is 0 Å². The van der Waals surface area contributed by atoms with Crippen LogP contribution in [0.15, 0.2) is 185 Å². The van der Waals surface area contributed by atoms with Crippen molar-refractivity contribution in [2.24, 2.45) is 0 Å². The summed E-state index contributed by atoms with van der Waals surface area (Å²) in [7, 11) is 0. The van der Waals surface area contributed by atoms with Gasteiger partial charge in [-0.05, 0) is 66.7 Å². The maximum absolute atomic E-state index is 6.91. The SMILES string of the molecule is c1ccc(-c2nc3c(N(c4ccc5c6ccccc6n(-c6ccccc6)c5c4)c4cccc5c4sc4ccccc45)c4oc5ccccc5c4cc3o2)cc1. The van der Waals surface area contributed by atoms with Gasteiger partial charge in [0.05, 0.1) is 21.4 Å². The van der Waals surface area contributed by atoms with Crippen LogP contribution in [0, 0.1) is 0 Å². The molecule has 4 aromatic heterocycles. The Labute approximate surface area is 318 Å². The van der Waals surface area contributed by atoms with Crippen LogP contribution < -0.4 is 4.90 Å². The Morgan fingerprint density at radius 1 is 0.509 bits per heavy atom. The molecule has 5 nitrogen and oxygen atoms in total. The van der Waals surface area contributed by atoms with E-state index in [9.17, 15) is 0 Å². The van der Waals surface area contributed by atoms with Crippen LogP contribution in [0.5, 0.6) is 0 Å². The molecule has 0 aliphatic carbocycles. The predicted molar refractivity (Wildman–Crippen MR) is 229 cm³/mol. The molecule has 0 amide bonds. The number of benzene rings is 8. The van der Waals surface area contributed by atoms with Gasteiger partial charge in [-0.15, -0.1) is 11.3 Å². The monoisotopic (exact) mass is 723 g/mol. The molecule has 8 aromatic carbocycles. The van der Waals surface area contributed by atoms with Gasteiger partial charge in [0.2, 0.25) is 5.89 Å². The highest BCUT2D eigenvalue weighted by Gasteiger charge is 2.28. The number of hydrogen-bond acceptors (Lipinski definition) is 5. The quantitative estimate of drug-likeness (QED) is 0.177. The minimum atomic E-state index is 0.563. The summed E-state index contributed by atoms with van der Waals surface area (Å²) < 4.78 is 18.4. The molecule has 0 aliphatic rings. The Balaban J connectivity index is 1.24. The van der Waals surface area contributed by atoms with Crippen molar-refractivity contribution in [3.8, 4) is 17.1 Å². The van der Waals surface area contributed by atoms with Gasteiger partial charge in [-0.1, -0.05) is 109 Å². The molecule has 0 aliphatic heterocycles. The van der Waals surface area contributed by atoms with Crippen molar-refractivity contribution < 1.29 is 8.83 Å². The van der Waals surface area contributed by atoms with Gasteiger partial charge in [0.25, 0.3) is 0 Å². The Bertz CT molecular complexity index is 3450. The first-order valence-corrected chi connectivity index (χ1v) is 19.2. The van der Waals surface area contributed by atoms with Crippen LogP contribution >= 0.6 is 11.3 Å². The molecule has 0 N–H and O–H groups in total. The maximum atomic E-state index is 6.91. The molecule has 0 atom stereocenters. The second kappa shape index (κ2) is 11.7. The fraction of sp³-hybridized carbons (Fsp3) is 0. The van der Waals surface area contributed by atoms with E-state index in [1.54, 1.807) is 0 Å². The minimum absolute atomic E-state index is 0.563. The van der Waals surface area contributed by atoms with Gasteiger partial charge < -0.3 is 18.3 Å². The highest BCUT2D eigenvalue weighted by atomic mass is 32.1. The summed E-state index contributed by atoms with van der Waals surface area (Å²) in [5, 5.41) is 6.84. The zero-order valence-electron chi connectivity index (χ0n) is 29.3. The van der Waals surface area contributed by atoms with Gasteiger partial charge >= 0.3 is 0 Å². The van der Waals surface area contributed by atoms with Gasteiger partial charge in [0.15, 0.2) is 11.2 Å². The van der Waals surface area contributed by atoms with E-state index in [1.165, 1.54) is 30.9 Å². The summed E-state index contributed by atoms with van der Waals surface area (Å²) in [6.45, 7) is 0. The summed E-state index contributed by atoms with van der Waals surface area (Å²) in [5.41, 5.74) is 10.1. The molecule has 0 unspecified atom stereocenters. The third-order valence-electron chi connectivity index (χ3n) is 10.8. The summed E-state index contributed by atoms with van der Waals surface area (Å²) in [6.07, 6.45) is 0. The van der Waals surface area contributed by atoms with E-state index in [2.05, 4.69) is 143 Å². The van der Waals surface area contributed by atoms with Gasteiger partial charge in [-0.2, -0.15) is 0 Å². The third-order valence-corrected chi connectivity index (χ3v) is 12.0. The van der Waals surface area contributed by atoms with E-state index in [0.29, 0.717) is 11.5 Å². The summed E-state index contributed by atoms with van der Waals surface area (Å²) in [4.78, 5) is 7.65. The number of rotatable bonds is 5. The standard InChI is InChI=1S/C49H29N3O2S/c1-3-14-30(15-4-1)49-50-45-43(54-49)29-38-35-19-8-11-24-42(35)53-47(38)46(45)52(40-23-13-21-37-36-20-9-12-25-44(36)55-48(37)40)32-26-27-34-33-18-7-10-22-39(33)51(41(34)28-32)31-16-5-2-6-17-31/h1-29H. The summed E-state index contributed by atoms with van der Waals surface area (Å²) in [6, 6.07) is 61.8. The molecule has 6 heteroatoms. The van der Waals surface area contributed by atoms with Gasteiger partial charge in [0, 0.05) is 54.0 Å². The number of thiophene rings is 1. The first kappa shape index (κ1) is 30.3. The second-order valence-corrected chi connectivity index (χ2v) is 15.0. The van der Waals surface area contributed by atoms with Gasteiger partial charge in [-0.25, -0.2) is 4.98 Å². The Hall–Kier alpha value is -7.15. The van der Waals surface area contributed by atoms with Crippen molar-refractivity contribution in [1.82, 2.24) is 9.55 Å². The normalized spacial score (nSPS) is 12.0. The molecule has 12 aromatic rings. The average Bonchev–Trinajstić information content (AvgIpc) is 4.02. The van der Waals surface area contributed by atoms with Crippen LogP contribution in [0.4, 0.5) is 17.1 Å². The van der Waals surface area contributed by atoms with Crippen LogP contribution in [0.3, 0.4) is 0 Å². The molecule has 0 saturated heterocycles. The molecule has 4 heterocycles. The molecule has 0 radical (unpaired) electrons. The lowest BCUT2D eigenvalue weighted by atomic mass is 10.1. The Morgan fingerprint density at radius 2 is 1.22 bits per heavy atom. The van der Waals surface area contributed by atoms with Crippen LogP contribution in [0.25, 0.3) is 92.2 Å². The molecule has 55 heavy (non-hydrogen) atoms. The molecular weight excluding hydrogens is 695 g/mol. The van der Waals surface area contributed by atoms with Gasteiger partial charge in [-0.3, -0.25) is 0 Å². The highest BCUT2D eigenvalue weighted by molar-refractivity contribution is 7.26. The zero-order chi connectivity index (χ0) is 36.0. The molecule has 0 spiro atoms. The zero-order valence-corrected chi connectivity index (χ0v) is 30.1. The number of aromatic nitrogens is 2. The Morgan fingerprint density at radius 3 is 2.09 bits per heavy atom. The number of para-hydroxylation sites is 3. The maximum Gasteiger partial charge on any atom is 0.227 e. The molecule has 0 fully saturated rings. The van der Waals surface area contributed by atoms with Crippen LogP contribution in [-0.2, 0) is 0 Å². The molecule has 258 valence electrons. The topological polar surface area (TPSA) is 47.3 Å². The Kier molecular flexibility index (Phi) is 6.44. The van der Waals surface area contributed by atoms with E-state index < -0.39 is 0 Å². The summed E-state index contributed by atoms with van der Waals surface area (Å²) >= 11 is 1.81.